The number of methoxy groups -OCH3 is 2. The maximum Gasteiger partial charge on any atom is 0.320 e. The number of hydrogen-bond donors (Lipinski definition) is 4. The molecule has 408 valence electrons. The number of anilines is 2. The molecule has 74 heavy (non-hydrogen) atoms. The monoisotopic (exact) mass is 1170 g/mol. The molecule has 8 heterocycles. The van der Waals surface area contributed by atoms with E-state index in [1.807, 2.05) is 62.4 Å². The molecule has 0 spiro atoms. The van der Waals surface area contributed by atoms with Gasteiger partial charge in [0.25, 0.3) is 5.91 Å². The second-order valence-corrected chi connectivity index (χ2v) is 23.9. The fourth-order valence-electron chi connectivity index (χ4n) is 12.0. The van der Waals surface area contributed by atoms with E-state index in [-0.39, 0.29) is 43.0 Å². The summed E-state index contributed by atoms with van der Waals surface area (Å²) in [4.78, 5) is 72.7. The summed E-state index contributed by atoms with van der Waals surface area (Å²) in [6.45, 7) is 12.7. The number of nitrogens with zero attached hydrogens (tertiary/aromatic N) is 5. The van der Waals surface area contributed by atoms with Gasteiger partial charge in [0.2, 0.25) is 0 Å². The Labute approximate surface area is 449 Å². The van der Waals surface area contributed by atoms with E-state index >= 15 is 4.79 Å². The van der Waals surface area contributed by atoms with E-state index in [1.54, 1.807) is 63.1 Å². The quantitative estimate of drug-likeness (QED) is 0.132. The molecule has 3 aromatic rings. The molecule has 1 amide bonds. The minimum atomic E-state index is -1.50. The zero-order valence-electron chi connectivity index (χ0n) is 43.8. The number of pyridine rings is 2. The van der Waals surface area contributed by atoms with E-state index in [4.69, 9.17) is 43.6 Å². The third-order valence-electron chi connectivity index (χ3n) is 16.4. The number of halogens is 1. The topological polar surface area (TPSA) is 267 Å². The molecule has 5 aliphatic heterocycles. The molecule has 23 heteroatoms. The van der Waals surface area contributed by atoms with Gasteiger partial charge in [0.05, 0.1) is 58.9 Å². The molecular weight excluding hydrogens is 1090 g/mol. The molecule has 0 radical (unpaired) electrons. The van der Waals surface area contributed by atoms with Gasteiger partial charge in [-0.2, -0.15) is 0 Å². The van der Waals surface area contributed by atoms with Crippen molar-refractivity contribution in [1.82, 2.24) is 24.4 Å². The van der Waals surface area contributed by atoms with E-state index in [1.165, 1.54) is 32.2 Å². The van der Waals surface area contributed by atoms with Crippen LogP contribution in [0.4, 0.5) is 11.5 Å². The standard InChI is InChI=1S/C51H72IN7O14S/c1-24-20-50(6,67-11)42-26(3)39(70-33-21-49(5,66-10)41(62)32(69-33)19-29-18-31(58(8)9)38(61)47(68-29)71-42)27(4)45(64)72-48(52)51(7)34(25(2)37(24)60)40(46(65)73-51)74-17-16-59-23-56-35-36(59)30(22-55-43(35)53)44(63)57-28-12-14-54-15-13-28/h12-15,22-27,29,31-34,38-42,47-48,61-62H,16-21H2,1-11H3,(H2,53,55)(H,54,57,63)/t24-,25-,26+,27-,29+,31+,32+,33+,34+,38-,39+,40+,41+,42-,47+,48+,49-,50-,51+/m1/s1. The van der Waals surface area contributed by atoms with E-state index in [0.29, 0.717) is 28.9 Å². The molecule has 19 atom stereocenters. The van der Waals surface area contributed by atoms with Gasteiger partial charge in [-0.15, -0.1) is 11.8 Å². The van der Waals surface area contributed by atoms with Crippen LogP contribution in [-0.2, 0) is 58.8 Å². The van der Waals surface area contributed by atoms with Crippen molar-refractivity contribution >= 4 is 80.5 Å². The number of carbonyl (C=O) groups excluding carboxylic acids is 4. The number of esters is 2. The number of nitrogen functional groups attached to an aromatic ring is 1. The normalized spacial score (nSPS) is 40.3. The van der Waals surface area contributed by atoms with E-state index < -0.39 is 129 Å². The summed E-state index contributed by atoms with van der Waals surface area (Å²) < 4.78 is 53.0. The van der Waals surface area contributed by atoms with Gasteiger partial charge < -0.3 is 68.6 Å². The Balaban J connectivity index is 1.14. The summed E-state index contributed by atoms with van der Waals surface area (Å²) in [5.41, 5.74) is 3.88. The molecule has 5 N–H and O–H groups in total. The first-order chi connectivity index (χ1) is 34.9. The number of alkyl halides is 1. The van der Waals surface area contributed by atoms with Gasteiger partial charge in [0, 0.05) is 93.4 Å². The number of ketones is 1. The molecule has 8 rings (SSSR count). The van der Waals surface area contributed by atoms with Crippen LogP contribution in [0.3, 0.4) is 0 Å². The van der Waals surface area contributed by atoms with Crippen molar-refractivity contribution in [2.75, 3.05) is 45.1 Å². The van der Waals surface area contributed by atoms with Crippen LogP contribution in [0.2, 0.25) is 0 Å². The number of imidazole rings is 1. The Hall–Kier alpha value is -3.63. The van der Waals surface area contributed by atoms with Crippen LogP contribution in [0.15, 0.2) is 37.1 Å². The average Bonchev–Trinajstić information content (AvgIpc) is 3.91. The summed E-state index contributed by atoms with van der Waals surface area (Å²) in [6, 6.07) is 2.90. The van der Waals surface area contributed by atoms with Crippen LogP contribution < -0.4 is 11.1 Å². The number of nitrogens with one attached hydrogen (secondary N) is 1. The minimum Gasteiger partial charge on any atom is -0.453 e. The molecule has 0 unspecified atom stereocenters. The summed E-state index contributed by atoms with van der Waals surface area (Å²) in [6.07, 6.45) is -0.945. The average molecular weight is 1170 g/mol. The number of rotatable bonds is 9. The second-order valence-electron chi connectivity index (χ2n) is 21.6. The number of fused-ring (bicyclic) bond motifs is 8. The SMILES string of the molecule is CO[C@]1(C)C[C@@H](C)C(=O)[C@H](C)[C@H]2[C@H](SCCn3cnc4c(N)ncc(C(=O)Nc5ccncc5)c43)C(=O)O[C@]2(C)[C@@H](I)OC(=O)[C@H](C)[C@H]2O[C@H]3C[C@@](C)(OC)[C@@H](O)[C@H](C[C@@H]4C[C@H](N(C)C)[C@@H](O)[C@@H](O4)O[C@@H]1[C@H]2C)O3. The summed E-state index contributed by atoms with van der Waals surface area (Å²) >= 11 is 3.27. The van der Waals surface area contributed by atoms with Crippen LogP contribution in [0.5, 0.6) is 0 Å². The number of thioether (sulfide) groups is 1. The number of carbonyl (C=O) groups is 4. The highest BCUT2D eigenvalue weighted by Crippen LogP contribution is 2.50. The molecule has 0 aromatic carbocycles. The first-order valence-electron chi connectivity index (χ1n) is 25.2. The zero-order chi connectivity index (χ0) is 53.8. The lowest BCUT2D eigenvalue weighted by molar-refractivity contribution is -0.339. The number of ether oxygens (including phenoxy) is 8. The predicted molar refractivity (Wildman–Crippen MR) is 280 cm³/mol. The van der Waals surface area contributed by atoms with E-state index in [0.717, 1.165) is 0 Å². The molecular formula is C51H72IN7O14S. The minimum absolute atomic E-state index is 0.102. The third-order valence-corrected chi connectivity index (χ3v) is 19.2. The van der Waals surface area contributed by atoms with Gasteiger partial charge in [0.15, 0.2) is 28.1 Å². The smallest absolute Gasteiger partial charge is 0.320 e. The third kappa shape index (κ3) is 10.8. The number of amides is 1. The van der Waals surface area contributed by atoms with Crippen molar-refractivity contribution in [1.29, 1.82) is 0 Å². The zero-order valence-corrected chi connectivity index (χ0v) is 46.8. The maximum atomic E-state index is 15.2. The fraction of sp³-hybridized carbons (Fsp3) is 0.706. The first kappa shape index (κ1) is 56.6. The van der Waals surface area contributed by atoms with Gasteiger partial charge in [0.1, 0.15) is 28.8 Å². The fourth-order valence-corrected chi connectivity index (χ4v) is 14.2. The highest BCUT2D eigenvalue weighted by Gasteiger charge is 2.62. The van der Waals surface area contributed by atoms with E-state index in [9.17, 15) is 24.6 Å². The molecule has 0 aliphatic carbocycles. The Morgan fingerprint density at radius 3 is 2.34 bits per heavy atom. The van der Waals surface area contributed by atoms with Crippen molar-refractivity contribution in [3.63, 3.8) is 0 Å². The molecule has 0 saturated carbocycles. The maximum absolute atomic E-state index is 15.2. The molecule has 3 aromatic heterocycles. The Bertz CT molecular complexity index is 2530. The number of hydrogen-bond acceptors (Lipinski definition) is 20. The van der Waals surface area contributed by atoms with Crippen LogP contribution in [0, 0.1) is 29.6 Å². The van der Waals surface area contributed by atoms with E-state index in [2.05, 4.69) is 20.3 Å². The largest absolute Gasteiger partial charge is 0.453 e. The number of aliphatic hydroxyl groups is 2. The van der Waals surface area contributed by atoms with Crippen molar-refractivity contribution in [3.05, 3.63) is 42.6 Å². The van der Waals surface area contributed by atoms with Gasteiger partial charge in [-0.3, -0.25) is 24.2 Å². The molecule has 21 nitrogen and oxygen atoms in total. The number of likely N-dealkylation sites (N-methyl/N-ethyl adjacent to an activating group) is 1. The number of aromatic nitrogens is 4. The Morgan fingerprint density at radius 1 is 0.959 bits per heavy atom. The molecule has 5 aliphatic rings. The van der Waals surface area contributed by atoms with Crippen LogP contribution in [0.25, 0.3) is 11.0 Å². The predicted octanol–water partition coefficient (Wildman–Crippen LogP) is 4.38. The number of Topliss-reactive ketones (excluding diaryl/α,β-unsaturated/α-hetero) is 1. The van der Waals surface area contributed by atoms with Crippen LogP contribution in [0.1, 0.15) is 84.5 Å². The molecule has 5 fully saturated rings. The lowest BCUT2D eigenvalue weighted by Gasteiger charge is -2.52. The van der Waals surface area contributed by atoms with Crippen molar-refractivity contribution < 1.29 is 67.3 Å². The van der Waals surface area contributed by atoms with Gasteiger partial charge in [-0.25, -0.2) is 9.97 Å². The van der Waals surface area contributed by atoms with Crippen molar-refractivity contribution in [3.8, 4) is 0 Å². The van der Waals surface area contributed by atoms with Gasteiger partial charge >= 0.3 is 11.9 Å². The van der Waals surface area contributed by atoms with Crippen LogP contribution in [-0.4, -0.2) is 174 Å². The number of cyclic esters (lactones) is 1. The number of aliphatic hydroxyl groups excluding tert-OH is 2. The summed E-state index contributed by atoms with van der Waals surface area (Å²) in [7, 11) is 6.79. The highest BCUT2D eigenvalue weighted by atomic mass is 127. The number of nitrogens with two attached hydrogens (primary N) is 1. The summed E-state index contributed by atoms with van der Waals surface area (Å²) in [5.74, 6) is -5.55. The lowest BCUT2D eigenvalue weighted by atomic mass is 9.72. The lowest BCUT2D eigenvalue weighted by Crippen LogP contribution is -2.63. The number of aryl methyl sites for hydroxylation is 1. The van der Waals surface area contributed by atoms with Crippen LogP contribution >= 0.6 is 34.4 Å². The highest BCUT2D eigenvalue weighted by molar-refractivity contribution is 14.1. The van der Waals surface area contributed by atoms with Crippen molar-refractivity contribution in [2.45, 2.75) is 162 Å². The molecule has 6 bridgehead atoms. The Morgan fingerprint density at radius 2 is 1.66 bits per heavy atom. The summed E-state index contributed by atoms with van der Waals surface area (Å²) in [5, 5.41) is 25.7. The Kier molecular flexibility index (Phi) is 17.1. The second kappa shape index (κ2) is 22.4. The first-order valence-corrected chi connectivity index (χ1v) is 27.5. The van der Waals surface area contributed by atoms with Gasteiger partial charge in [-0.1, -0.05) is 20.8 Å². The van der Waals surface area contributed by atoms with Crippen molar-refractivity contribution in [2.24, 2.45) is 29.6 Å². The molecule has 5 saturated heterocycles. The van der Waals surface area contributed by atoms with Gasteiger partial charge in [-0.05, 0) is 89.4 Å².